The predicted octanol–water partition coefficient (Wildman–Crippen LogP) is 2.22. The Morgan fingerprint density at radius 2 is 1.76 bits per heavy atom. The second kappa shape index (κ2) is 9.94. The van der Waals surface area contributed by atoms with Gasteiger partial charge in [0.15, 0.2) is 0 Å². The summed E-state index contributed by atoms with van der Waals surface area (Å²) in [4.78, 5) is 23.3. The van der Waals surface area contributed by atoms with Gasteiger partial charge >= 0.3 is 11.9 Å². The molecule has 1 atom stereocenters. The lowest BCUT2D eigenvalue weighted by molar-refractivity contribution is -0.145. The van der Waals surface area contributed by atoms with Crippen LogP contribution < -0.4 is 5.32 Å². The maximum atomic E-state index is 12.0. The minimum Gasteiger partial charge on any atom is -0.466 e. The standard InChI is InChI=1S/C16H23NO4/c1-3-20-14(18)11-8-12-17-15(16(19)21-4-2)13-9-6-5-7-10-13/h5-7,9-10,15,17H,3-4,8,11-12H2,1-2H3/t15-/m0/s1. The number of rotatable bonds is 9. The molecule has 0 aliphatic carbocycles. The molecule has 0 saturated carbocycles. The van der Waals surface area contributed by atoms with Crippen molar-refractivity contribution in [3.05, 3.63) is 35.9 Å². The topological polar surface area (TPSA) is 64.6 Å². The first-order valence-corrected chi connectivity index (χ1v) is 7.29. The van der Waals surface area contributed by atoms with Gasteiger partial charge in [-0.15, -0.1) is 0 Å². The smallest absolute Gasteiger partial charge is 0.327 e. The Bertz CT molecular complexity index is 433. The number of hydrogen-bond donors (Lipinski definition) is 1. The molecular weight excluding hydrogens is 270 g/mol. The molecule has 5 nitrogen and oxygen atoms in total. The van der Waals surface area contributed by atoms with E-state index in [0.29, 0.717) is 32.6 Å². The van der Waals surface area contributed by atoms with Crippen molar-refractivity contribution in [3.8, 4) is 0 Å². The number of benzene rings is 1. The van der Waals surface area contributed by atoms with Crippen molar-refractivity contribution in [2.24, 2.45) is 0 Å². The summed E-state index contributed by atoms with van der Waals surface area (Å²) in [6.45, 7) is 4.83. The van der Waals surface area contributed by atoms with Crippen LogP contribution in [0.3, 0.4) is 0 Å². The van der Waals surface area contributed by atoms with E-state index < -0.39 is 6.04 Å². The Labute approximate surface area is 125 Å². The van der Waals surface area contributed by atoms with E-state index in [2.05, 4.69) is 5.32 Å². The SMILES string of the molecule is CCOC(=O)CCCN[C@H](C(=O)OCC)c1ccccc1. The second-order valence-corrected chi connectivity index (χ2v) is 4.46. The van der Waals surface area contributed by atoms with Gasteiger partial charge in [0.2, 0.25) is 0 Å². The Kier molecular flexibility index (Phi) is 8.12. The fourth-order valence-corrected chi connectivity index (χ4v) is 1.92. The normalized spacial score (nSPS) is 11.7. The van der Waals surface area contributed by atoms with Crippen LogP contribution in [-0.2, 0) is 19.1 Å². The number of esters is 2. The average Bonchev–Trinajstić information content (AvgIpc) is 2.48. The molecule has 0 amide bonds. The number of hydrogen-bond acceptors (Lipinski definition) is 5. The van der Waals surface area contributed by atoms with Gasteiger partial charge in [-0.1, -0.05) is 30.3 Å². The molecular formula is C16H23NO4. The van der Waals surface area contributed by atoms with Crippen molar-refractivity contribution < 1.29 is 19.1 Å². The maximum Gasteiger partial charge on any atom is 0.327 e. The molecule has 0 radical (unpaired) electrons. The summed E-state index contributed by atoms with van der Waals surface area (Å²) in [6.07, 6.45) is 0.951. The highest BCUT2D eigenvalue weighted by molar-refractivity contribution is 5.77. The fourth-order valence-electron chi connectivity index (χ4n) is 1.92. The van der Waals surface area contributed by atoms with Gasteiger partial charge in [0.1, 0.15) is 6.04 Å². The molecule has 1 rings (SSSR count). The fraction of sp³-hybridized carbons (Fsp3) is 0.500. The molecule has 116 valence electrons. The van der Waals surface area contributed by atoms with E-state index >= 15 is 0 Å². The zero-order valence-corrected chi connectivity index (χ0v) is 12.6. The van der Waals surface area contributed by atoms with E-state index in [1.165, 1.54) is 0 Å². The summed E-state index contributed by atoms with van der Waals surface area (Å²) in [5.41, 5.74) is 0.854. The van der Waals surface area contributed by atoms with Gasteiger partial charge in [0, 0.05) is 6.42 Å². The first-order valence-electron chi connectivity index (χ1n) is 7.29. The van der Waals surface area contributed by atoms with E-state index in [0.717, 1.165) is 5.56 Å². The van der Waals surface area contributed by atoms with Crippen LogP contribution in [0.4, 0.5) is 0 Å². The molecule has 0 saturated heterocycles. The summed E-state index contributed by atoms with van der Waals surface area (Å²) in [5.74, 6) is -0.522. The van der Waals surface area contributed by atoms with Crippen molar-refractivity contribution in [1.29, 1.82) is 0 Å². The molecule has 0 aliphatic heterocycles. The summed E-state index contributed by atoms with van der Waals surface area (Å²) < 4.78 is 9.94. The quantitative estimate of drug-likeness (QED) is 0.558. The van der Waals surface area contributed by atoms with Crippen LogP contribution in [0, 0.1) is 0 Å². The van der Waals surface area contributed by atoms with E-state index in [-0.39, 0.29) is 11.9 Å². The minimum absolute atomic E-state index is 0.216. The monoisotopic (exact) mass is 293 g/mol. The van der Waals surface area contributed by atoms with Crippen LogP contribution in [0.25, 0.3) is 0 Å². The van der Waals surface area contributed by atoms with E-state index in [4.69, 9.17) is 9.47 Å². The Hall–Kier alpha value is -1.88. The Morgan fingerprint density at radius 1 is 1.10 bits per heavy atom. The van der Waals surface area contributed by atoms with Crippen LogP contribution in [0.1, 0.15) is 38.3 Å². The van der Waals surface area contributed by atoms with Crippen LogP contribution in [0.15, 0.2) is 30.3 Å². The van der Waals surface area contributed by atoms with Gasteiger partial charge in [0.25, 0.3) is 0 Å². The molecule has 1 aromatic carbocycles. The lowest BCUT2D eigenvalue weighted by Crippen LogP contribution is -2.31. The molecule has 0 aliphatic rings. The molecule has 21 heavy (non-hydrogen) atoms. The van der Waals surface area contributed by atoms with Crippen molar-refractivity contribution in [2.45, 2.75) is 32.7 Å². The molecule has 0 unspecified atom stereocenters. The van der Waals surface area contributed by atoms with Gasteiger partial charge in [0.05, 0.1) is 13.2 Å². The third-order valence-corrected chi connectivity index (χ3v) is 2.87. The minimum atomic E-state index is -0.506. The van der Waals surface area contributed by atoms with Gasteiger partial charge in [-0.2, -0.15) is 0 Å². The van der Waals surface area contributed by atoms with Gasteiger partial charge in [-0.05, 0) is 32.4 Å². The summed E-state index contributed by atoms with van der Waals surface area (Å²) in [5, 5.41) is 3.14. The zero-order valence-electron chi connectivity index (χ0n) is 12.6. The molecule has 0 heterocycles. The maximum absolute atomic E-state index is 12.0. The highest BCUT2D eigenvalue weighted by atomic mass is 16.5. The first kappa shape index (κ1) is 17.2. The van der Waals surface area contributed by atoms with Crippen molar-refractivity contribution >= 4 is 11.9 Å². The molecule has 1 N–H and O–H groups in total. The van der Waals surface area contributed by atoms with Crippen molar-refractivity contribution in [3.63, 3.8) is 0 Å². The van der Waals surface area contributed by atoms with Crippen molar-refractivity contribution in [1.82, 2.24) is 5.32 Å². The first-order chi connectivity index (χ1) is 10.2. The van der Waals surface area contributed by atoms with Gasteiger partial charge in [-0.25, -0.2) is 4.79 Å². The number of ether oxygens (including phenoxy) is 2. The highest BCUT2D eigenvalue weighted by Gasteiger charge is 2.20. The zero-order chi connectivity index (χ0) is 15.5. The molecule has 0 spiro atoms. The number of nitrogens with one attached hydrogen (secondary N) is 1. The third kappa shape index (κ3) is 6.40. The third-order valence-electron chi connectivity index (χ3n) is 2.87. The number of carbonyl (C=O) groups is 2. The second-order valence-electron chi connectivity index (χ2n) is 4.46. The van der Waals surface area contributed by atoms with Crippen LogP contribution in [-0.4, -0.2) is 31.7 Å². The summed E-state index contributed by atoms with van der Waals surface area (Å²) in [6, 6.07) is 8.89. The lowest BCUT2D eigenvalue weighted by atomic mass is 10.1. The van der Waals surface area contributed by atoms with Gasteiger partial charge < -0.3 is 14.8 Å². The number of carbonyl (C=O) groups excluding carboxylic acids is 2. The molecule has 0 aromatic heterocycles. The van der Waals surface area contributed by atoms with Gasteiger partial charge in [-0.3, -0.25) is 4.79 Å². The summed E-state index contributed by atoms with van der Waals surface area (Å²) in [7, 11) is 0. The molecule has 0 bridgehead atoms. The Morgan fingerprint density at radius 3 is 2.38 bits per heavy atom. The average molecular weight is 293 g/mol. The van der Waals surface area contributed by atoms with E-state index in [9.17, 15) is 9.59 Å². The largest absolute Gasteiger partial charge is 0.466 e. The highest BCUT2D eigenvalue weighted by Crippen LogP contribution is 2.14. The van der Waals surface area contributed by atoms with Crippen LogP contribution >= 0.6 is 0 Å². The lowest BCUT2D eigenvalue weighted by Gasteiger charge is -2.17. The van der Waals surface area contributed by atoms with E-state index in [1.807, 2.05) is 30.3 Å². The van der Waals surface area contributed by atoms with E-state index in [1.54, 1.807) is 13.8 Å². The van der Waals surface area contributed by atoms with Crippen molar-refractivity contribution in [2.75, 3.05) is 19.8 Å². The molecule has 0 fully saturated rings. The molecule has 1 aromatic rings. The van der Waals surface area contributed by atoms with Crippen LogP contribution in [0.2, 0.25) is 0 Å². The summed E-state index contributed by atoms with van der Waals surface area (Å²) >= 11 is 0. The van der Waals surface area contributed by atoms with Crippen LogP contribution in [0.5, 0.6) is 0 Å². The molecule has 5 heteroatoms. The Balaban J connectivity index is 2.51. The predicted molar refractivity (Wildman–Crippen MR) is 79.7 cm³/mol.